The zero-order valence-electron chi connectivity index (χ0n) is 19.0. The van der Waals surface area contributed by atoms with Gasteiger partial charge in [-0.2, -0.15) is 0 Å². The van der Waals surface area contributed by atoms with Crippen LogP contribution in [0.4, 0.5) is 5.69 Å². The van der Waals surface area contributed by atoms with Gasteiger partial charge in [0.1, 0.15) is 4.90 Å². The van der Waals surface area contributed by atoms with Crippen LogP contribution in [-0.4, -0.2) is 27.9 Å². The van der Waals surface area contributed by atoms with Gasteiger partial charge < -0.3 is 5.11 Å². The lowest BCUT2D eigenvalue weighted by molar-refractivity contribution is 0.0696. The molecule has 0 fully saturated rings. The summed E-state index contributed by atoms with van der Waals surface area (Å²) in [4.78, 5) is 10.9. The van der Waals surface area contributed by atoms with Crippen LogP contribution in [0, 0.1) is 0 Å². The molecule has 0 radical (unpaired) electrons. The maximum atomic E-state index is 13.3. The van der Waals surface area contributed by atoms with E-state index >= 15 is 0 Å². The van der Waals surface area contributed by atoms with Gasteiger partial charge in [0.2, 0.25) is 9.84 Å². The third-order valence-electron chi connectivity index (χ3n) is 5.53. The Morgan fingerprint density at radius 3 is 2.31 bits per heavy atom. The number of rotatable bonds is 10. The van der Waals surface area contributed by atoms with Crippen molar-refractivity contribution >= 4 is 42.9 Å². The summed E-state index contributed by atoms with van der Waals surface area (Å²) in [6.07, 6.45) is 1.82. The van der Waals surface area contributed by atoms with Crippen molar-refractivity contribution in [3.8, 4) is 0 Å². The van der Waals surface area contributed by atoms with Gasteiger partial charge in [0.15, 0.2) is 4.21 Å². The molecule has 10 heteroatoms. The molecule has 0 aliphatic carbocycles. The Balaban J connectivity index is 1.54. The van der Waals surface area contributed by atoms with E-state index in [0.29, 0.717) is 24.9 Å². The summed E-state index contributed by atoms with van der Waals surface area (Å²) in [6.45, 7) is 0. The van der Waals surface area contributed by atoms with Gasteiger partial charge in [-0.15, -0.1) is 11.3 Å². The molecule has 4 rings (SSSR count). The molecule has 0 amide bonds. The molecule has 1 heterocycles. The van der Waals surface area contributed by atoms with Crippen molar-refractivity contribution in [2.75, 3.05) is 4.72 Å². The fourth-order valence-corrected chi connectivity index (χ4v) is 8.46. The van der Waals surface area contributed by atoms with Crippen molar-refractivity contribution in [1.29, 1.82) is 0 Å². The lowest BCUT2D eigenvalue weighted by Gasteiger charge is -2.13. The Morgan fingerprint density at radius 2 is 1.56 bits per heavy atom. The van der Waals surface area contributed by atoms with E-state index in [9.17, 15) is 21.6 Å². The minimum Gasteiger partial charge on any atom is -0.478 e. The molecule has 0 saturated heterocycles. The normalized spacial score (nSPS) is 11.8. The lowest BCUT2D eigenvalue weighted by atomic mass is 10.0. The fraction of sp³-hybridized carbons (Fsp3) is 0.115. The van der Waals surface area contributed by atoms with Gasteiger partial charge >= 0.3 is 5.97 Å². The molecule has 0 unspecified atom stereocenters. The second-order valence-electron chi connectivity index (χ2n) is 8.01. The van der Waals surface area contributed by atoms with E-state index < -0.39 is 25.8 Å². The number of aromatic carboxylic acids is 1. The van der Waals surface area contributed by atoms with Crippen molar-refractivity contribution in [3.05, 3.63) is 107 Å². The number of benzene rings is 3. The van der Waals surface area contributed by atoms with E-state index in [2.05, 4.69) is 4.72 Å². The first-order valence-corrected chi connectivity index (χ1v) is 14.8. The van der Waals surface area contributed by atoms with E-state index in [-0.39, 0.29) is 19.6 Å². The predicted molar refractivity (Wildman–Crippen MR) is 139 cm³/mol. The number of hydrogen-bond donors (Lipinski definition) is 2. The molecule has 0 aliphatic rings. The number of anilines is 1. The number of hydrogen-bond acceptors (Lipinski definition) is 6. The summed E-state index contributed by atoms with van der Waals surface area (Å²) in [5, 5.41) is 10.6. The van der Waals surface area contributed by atoms with Crippen molar-refractivity contribution in [1.82, 2.24) is 0 Å². The number of thiophene rings is 1. The van der Waals surface area contributed by atoms with E-state index in [4.69, 9.17) is 5.11 Å². The zero-order valence-corrected chi connectivity index (χ0v) is 21.4. The van der Waals surface area contributed by atoms with Crippen molar-refractivity contribution in [2.45, 2.75) is 33.3 Å². The molecule has 0 bridgehead atoms. The molecule has 0 spiro atoms. The van der Waals surface area contributed by atoms with E-state index in [1.807, 2.05) is 12.1 Å². The van der Waals surface area contributed by atoms with Gasteiger partial charge in [-0.25, -0.2) is 21.6 Å². The summed E-state index contributed by atoms with van der Waals surface area (Å²) in [7, 11) is -8.20. The Morgan fingerprint density at radius 1 is 0.833 bits per heavy atom. The molecule has 1 aromatic heterocycles. The van der Waals surface area contributed by atoms with Gasteiger partial charge in [-0.3, -0.25) is 4.72 Å². The molecule has 0 atom stereocenters. The minimum atomic E-state index is -4.18. The van der Waals surface area contributed by atoms with Gasteiger partial charge in [-0.1, -0.05) is 48.5 Å². The number of carboxylic acid groups (broad SMARTS) is 1. The Kier molecular flexibility index (Phi) is 7.58. The van der Waals surface area contributed by atoms with Crippen LogP contribution in [-0.2, 0) is 32.7 Å². The number of aryl methyl sites for hydroxylation is 2. The van der Waals surface area contributed by atoms with E-state index in [1.165, 1.54) is 29.6 Å². The molecular formula is C26H23NO6S3. The highest BCUT2D eigenvalue weighted by Gasteiger charge is 2.30. The first-order valence-electron chi connectivity index (χ1n) is 11.0. The summed E-state index contributed by atoms with van der Waals surface area (Å²) < 4.78 is 55.1. The van der Waals surface area contributed by atoms with Crippen LogP contribution in [0.25, 0.3) is 0 Å². The number of carbonyl (C=O) groups is 1. The number of nitrogens with one attached hydrogen (secondary N) is 1. The van der Waals surface area contributed by atoms with Crippen LogP contribution in [0.15, 0.2) is 104 Å². The lowest BCUT2D eigenvalue weighted by Crippen LogP contribution is -2.16. The minimum absolute atomic E-state index is 0.0206. The molecule has 0 saturated carbocycles. The van der Waals surface area contributed by atoms with Crippen LogP contribution in [0.2, 0.25) is 0 Å². The first-order chi connectivity index (χ1) is 17.2. The number of para-hydroxylation sites is 1. The second-order valence-corrected chi connectivity index (χ2v) is 12.7. The quantitative estimate of drug-likeness (QED) is 0.283. The van der Waals surface area contributed by atoms with Crippen molar-refractivity contribution in [3.63, 3.8) is 0 Å². The standard InChI is InChI=1S/C26H23NO6S3/c28-25(29)21-12-7-9-19(18-21)8-6-11-20-10-4-5-15-23(20)27-36(32,33)26-24(16-17-34-26)35(30,31)22-13-2-1-3-14-22/h1-5,7,9-10,12-18,27H,6,8,11H2,(H,28,29). The average molecular weight is 542 g/mol. The largest absolute Gasteiger partial charge is 0.478 e. The molecule has 4 aromatic rings. The first kappa shape index (κ1) is 25.6. The number of sulfonamides is 1. The van der Waals surface area contributed by atoms with Crippen LogP contribution >= 0.6 is 11.3 Å². The SMILES string of the molecule is O=C(O)c1cccc(CCCc2ccccc2NS(=O)(=O)c2sccc2S(=O)(=O)c2ccccc2)c1. The molecule has 7 nitrogen and oxygen atoms in total. The molecule has 0 aliphatic heterocycles. The Labute approximate surface area is 214 Å². The van der Waals surface area contributed by atoms with Gasteiger partial charge in [0.25, 0.3) is 10.0 Å². The van der Waals surface area contributed by atoms with Crippen LogP contribution in [0.1, 0.15) is 27.9 Å². The number of sulfone groups is 1. The van der Waals surface area contributed by atoms with Crippen LogP contribution in [0.5, 0.6) is 0 Å². The molecule has 3 aromatic carbocycles. The third kappa shape index (κ3) is 5.67. The second kappa shape index (κ2) is 10.7. The van der Waals surface area contributed by atoms with Crippen LogP contribution in [0.3, 0.4) is 0 Å². The summed E-state index contributed by atoms with van der Waals surface area (Å²) >= 11 is 0.844. The van der Waals surface area contributed by atoms with Crippen LogP contribution < -0.4 is 4.72 Å². The van der Waals surface area contributed by atoms with E-state index in [1.54, 1.807) is 48.5 Å². The topological polar surface area (TPSA) is 118 Å². The average Bonchev–Trinajstić information content (AvgIpc) is 3.38. The zero-order chi connectivity index (χ0) is 25.8. The Hall–Kier alpha value is -3.47. The van der Waals surface area contributed by atoms with E-state index in [0.717, 1.165) is 22.5 Å². The summed E-state index contributed by atoms with van der Waals surface area (Å²) in [6, 6.07) is 22.7. The van der Waals surface area contributed by atoms with Gasteiger partial charge in [0, 0.05) is 0 Å². The molecule has 2 N–H and O–H groups in total. The predicted octanol–water partition coefficient (Wildman–Crippen LogP) is 5.26. The highest BCUT2D eigenvalue weighted by atomic mass is 32.2. The highest BCUT2D eigenvalue weighted by Crippen LogP contribution is 2.33. The van der Waals surface area contributed by atoms with Crippen molar-refractivity contribution < 1.29 is 26.7 Å². The molecule has 186 valence electrons. The Bertz CT molecular complexity index is 1590. The third-order valence-corrected chi connectivity index (χ3v) is 10.5. The number of carboxylic acids is 1. The maximum Gasteiger partial charge on any atom is 0.335 e. The summed E-state index contributed by atoms with van der Waals surface area (Å²) in [5.74, 6) is -0.987. The monoisotopic (exact) mass is 541 g/mol. The smallest absolute Gasteiger partial charge is 0.335 e. The van der Waals surface area contributed by atoms with Gasteiger partial charge in [-0.05, 0) is 72.2 Å². The van der Waals surface area contributed by atoms with Crippen molar-refractivity contribution in [2.24, 2.45) is 0 Å². The summed E-state index contributed by atoms with van der Waals surface area (Å²) in [5.41, 5.74) is 2.22. The van der Waals surface area contributed by atoms with Gasteiger partial charge in [0.05, 0.1) is 16.1 Å². The molecule has 36 heavy (non-hydrogen) atoms. The fourth-order valence-electron chi connectivity index (χ4n) is 3.78. The molecular weight excluding hydrogens is 518 g/mol. The maximum absolute atomic E-state index is 13.3. The highest BCUT2D eigenvalue weighted by molar-refractivity contribution is 7.96.